The van der Waals surface area contributed by atoms with E-state index in [2.05, 4.69) is 35.2 Å². The van der Waals surface area contributed by atoms with Crippen molar-refractivity contribution in [2.24, 2.45) is 4.99 Å². The van der Waals surface area contributed by atoms with E-state index in [0.717, 1.165) is 22.2 Å². The van der Waals surface area contributed by atoms with Crippen molar-refractivity contribution in [3.8, 4) is 0 Å². The lowest BCUT2D eigenvalue weighted by Gasteiger charge is -2.15. The number of aliphatic imine (C=N–C) groups is 1. The molecule has 0 saturated carbocycles. The number of hydrogen-bond donors (Lipinski definition) is 1. The van der Waals surface area contributed by atoms with E-state index in [4.69, 9.17) is 0 Å². The second-order valence-corrected chi connectivity index (χ2v) is 5.69. The third kappa shape index (κ3) is 2.98. The summed E-state index contributed by atoms with van der Waals surface area (Å²) in [7, 11) is 0. The van der Waals surface area contributed by atoms with Crippen molar-refractivity contribution in [3.05, 3.63) is 29.6 Å². The molecule has 1 aliphatic rings. The van der Waals surface area contributed by atoms with Gasteiger partial charge < -0.3 is 5.32 Å². The van der Waals surface area contributed by atoms with Gasteiger partial charge in [-0.05, 0) is 32.4 Å². The highest BCUT2D eigenvalue weighted by Gasteiger charge is 2.26. The Morgan fingerprint density at radius 2 is 2.31 bits per heavy atom. The SMILES string of the molecule is Cc1ccc(CN=C2NC(C)(C)CS2)cn1. The predicted molar refractivity (Wildman–Crippen MR) is 69.8 cm³/mol. The molecule has 1 aromatic rings. The van der Waals surface area contributed by atoms with E-state index in [0.29, 0.717) is 6.54 Å². The highest BCUT2D eigenvalue weighted by molar-refractivity contribution is 8.14. The molecule has 4 heteroatoms. The van der Waals surface area contributed by atoms with Crippen molar-refractivity contribution in [1.29, 1.82) is 0 Å². The van der Waals surface area contributed by atoms with Crippen LogP contribution < -0.4 is 5.32 Å². The fraction of sp³-hybridized carbons (Fsp3) is 0.500. The Morgan fingerprint density at radius 3 is 2.88 bits per heavy atom. The van der Waals surface area contributed by atoms with Crippen LogP contribution in [0.25, 0.3) is 0 Å². The minimum atomic E-state index is 0.176. The first-order chi connectivity index (χ1) is 7.55. The number of nitrogens with one attached hydrogen (secondary N) is 1. The third-order valence-corrected chi connectivity index (χ3v) is 3.76. The molecule has 3 nitrogen and oxygen atoms in total. The molecule has 0 unspecified atom stereocenters. The minimum absolute atomic E-state index is 0.176. The molecule has 0 bridgehead atoms. The van der Waals surface area contributed by atoms with Crippen molar-refractivity contribution in [2.75, 3.05) is 5.75 Å². The van der Waals surface area contributed by atoms with Crippen molar-refractivity contribution >= 4 is 16.9 Å². The molecule has 86 valence electrons. The number of aromatic nitrogens is 1. The molecule has 16 heavy (non-hydrogen) atoms. The molecule has 1 aliphatic heterocycles. The molecule has 0 aromatic carbocycles. The number of thioether (sulfide) groups is 1. The summed E-state index contributed by atoms with van der Waals surface area (Å²) in [5.74, 6) is 1.08. The van der Waals surface area contributed by atoms with E-state index >= 15 is 0 Å². The Labute approximate surface area is 101 Å². The van der Waals surface area contributed by atoms with Gasteiger partial charge in [-0.3, -0.25) is 9.98 Å². The van der Waals surface area contributed by atoms with E-state index in [1.807, 2.05) is 19.2 Å². The van der Waals surface area contributed by atoms with Gasteiger partial charge >= 0.3 is 0 Å². The first-order valence-electron chi connectivity index (χ1n) is 5.42. The maximum Gasteiger partial charge on any atom is 0.157 e. The van der Waals surface area contributed by atoms with Crippen LogP contribution in [0.1, 0.15) is 25.1 Å². The molecule has 1 fully saturated rings. The quantitative estimate of drug-likeness (QED) is 0.855. The van der Waals surface area contributed by atoms with Gasteiger partial charge in [0.1, 0.15) is 0 Å². The molecule has 2 rings (SSSR count). The van der Waals surface area contributed by atoms with E-state index in [-0.39, 0.29) is 5.54 Å². The molecular weight excluding hydrogens is 218 g/mol. The van der Waals surface area contributed by atoms with Crippen molar-refractivity contribution in [1.82, 2.24) is 10.3 Å². The van der Waals surface area contributed by atoms with E-state index in [1.165, 1.54) is 0 Å². The molecule has 0 radical (unpaired) electrons. The zero-order valence-corrected chi connectivity index (χ0v) is 10.8. The maximum absolute atomic E-state index is 4.55. The van der Waals surface area contributed by atoms with Crippen LogP contribution in [0.15, 0.2) is 23.3 Å². The lowest BCUT2D eigenvalue weighted by atomic mass is 10.1. The summed E-state index contributed by atoms with van der Waals surface area (Å²) in [6.45, 7) is 7.08. The van der Waals surface area contributed by atoms with E-state index in [1.54, 1.807) is 11.8 Å². The number of nitrogens with zero attached hydrogens (tertiary/aromatic N) is 2. The van der Waals surface area contributed by atoms with Crippen LogP contribution in [0.5, 0.6) is 0 Å². The van der Waals surface area contributed by atoms with Crippen LogP contribution in [0.3, 0.4) is 0 Å². The number of rotatable bonds is 2. The highest BCUT2D eigenvalue weighted by atomic mass is 32.2. The fourth-order valence-corrected chi connectivity index (χ4v) is 2.52. The lowest BCUT2D eigenvalue weighted by Crippen LogP contribution is -2.36. The second kappa shape index (κ2) is 4.45. The van der Waals surface area contributed by atoms with Gasteiger partial charge in [0, 0.05) is 23.2 Å². The van der Waals surface area contributed by atoms with Gasteiger partial charge in [0.05, 0.1) is 6.54 Å². The molecular formula is C12H17N3S. The lowest BCUT2D eigenvalue weighted by molar-refractivity contribution is 0.536. The van der Waals surface area contributed by atoms with Gasteiger partial charge in [-0.1, -0.05) is 17.8 Å². The van der Waals surface area contributed by atoms with E-state index < -0.39 is 0 Å². The molecule has 0 atom stereocenters. The van der Waals surface area contributed by atoms with Gasteiger partial charge in [0.2, 0.25) is 0 Å². The first kappa shape index (κ1) is 11.5. The average molecular weight is 235 g/mol. The Bertz CT molecular complexity index is 395. The normalized spacial score (nSPS) is 21.1. The number of aryl methyl sites for hydroxylation is 1. The average Bonchev–Trinajstić information content (AvgIpc) is 2.58. The Kier molecular flexibility index (Phi) is 3.19. The Hall–Kier alpha value is -1.03. The van der Waals surface area contributed by atoms with Gasteiger partial charge in [0.25, 0.3) is 0 Å². The van der Waals surface area contributed by atoms with Crippen LogP contribution in [0, 0.1) is 6.92 Å². The molecule has 0 spiro atoms. The molecule has 2 heterocycles. The second-order valence-electron chi connectivity index (χ2n) is 4.73. The van der Waals surface area contributed by atoms with Gasteiger partial charge in [-0.25, -0.2) is 0 Å². The minimum Gasteiger partial charge on any atom is -0.359 e. The number of hydrogen-bond acceptors (Lipinski definition) is 3. The standard InChI is InChI=1S/C12H17N3S/c1-9-4-5-10(6-13-9)7-14-11-15-12(2,3)8-16-11/h4-6H,7-8H2,1-3H3,(H,14,15). The molecule has 0 amide bonds. The van der Waals surface area contributed by atoms with E-state index in [9.17, 15) is 0 Å². The zero-order valence-electron chi connectivity index (χ0n) is 9.95. The fourth-order valence-electron chi connectivity index (χ4n) is 1.45. The summed E-state index contributed by atoms with van der Waals surface area (Å²) in [4.78, 5) is 8.80. The molecule has 1 aromatic heterocycles. The van der Waals surface area contributed by atoms with Crippen LogP contribution in [-0.2, 0) is 6.54 Å². The van der Waals surface area contributed by atoms with Crippen molar-refractivity contribution < 1.29 is 0 Å². The first-order valence-corrected chi connectivity index (χ1v) is 6.41. The van der Waals surface area contributed by atoms with Gasteiger partial charge in [0.15, 0.2) is 5.17 Å². The molecule has 0 aliphatic carbocycles. The summed E-state index contributed by atoms with van der Waals surface area (Å²) in [6, 6.07) is 4.10. The van der Waals surface area contributed by atoms with Crippen LogP contribution in [-0.4, -0.2) is 21.4 Å². The van der Waals surface area contributed by atoms with Crippen molar-refractivity contribution in [2.45, 2.75) is 32.9 Å². The third-order valence-electron chi connectivity index (χ3n) is 2.39. The number of pyridine rings is 1. The Morgan fingerprint density at radius 1 is 1.50 bits per heavy atom. The smallest absolute Gasteiger partial charge is 0.157 e. The van der Waals surface area contributed by atoms with Crippen molar-refractivity contribution in [3.63, 3.8) is 0 Å². The van der Waals surface area contributed by atoms with Crippen LogP contribution in [0.2, 0.25) is 0 Å². The Balaban J connectivity index is 1.97. The molecule has 1 saturated heterocycles. The van der Waals surface area contributed by atoms with Crippen LogP contribution in [0.4, 0.5) is 0 Å². The summed E-state index contributed by atoms with van der Waals surface area (Å²) < 4.78 is 0. The maximum atomic E-state index is 4.55. The highest BCUT2D eigenvalue weighted by Crippen LogP contribution is 2.22. The summed E-state index contributed by atoms with van der Waals surface area (Å²) in [5.41, 5.74) is 2.38. The molecule has 1 N–H and O–H groups in total. The number of amidine groups is 1. The topological polar surface area (TPSA) is 37.3 Å². The largest absolute Gasteiger partial charge is 0.359 e. The van der Waals surface area contributed by atoms with Gasteiger partial charge in [-0.15, -0.1) is 0 Å². The summed E-state index contributed by atoms with van der Waals surface area (Å²) >= 11 is 1.79. The van der Waals surface area contributed by atoms with Crippen LogP contribution >= 0.6 is 11.8 Å². The predicted octanol–water partition coefficient (Wildman–Crippen LogP) is 2.36. The monoisotopic (exact) mass is 235 g/mol. The summed E-state index contributed by atoms with van der Waals surface area (Å²) in [6.07, 6.45) is 1.89. The summed E-state index contributed by atoms with van der Waals surface area (Å²) in [5, 5.41) is 4.45. The zero-order chi connectivity index (χ0) is 11.6. The van der Waals surface area contributed by atoms with Gasteiger partial charge in [-0.2, -0.15) is 0 Å².